The van der Waals surface area contributed by atoms with E-state index < -0.39 is 0 Å². The smallest absolute Gasteiger partial charge is 0.0406 e. The van der Waals surface area contributed by atoms with Crippen molar-refractivity contribution in [1.29, 1.82) is 0 Å². The lowest BCUT2D eigenvalue weighted by atomic mass is 10.00. The van der Waals surface area contributed by atoms with Gasteiger partial charge in [-0.2, -0.15) is 0 Å². The summed E-state index contributed by atoms with van der Waals surface area (Å²) in [5, 5.41) is 4.50. The molecule has 1 N–H and O–H groups in total. The fraction of sp³-hybridized carbons (Fsp3) is 0.667. The van der Waals surface area contributed by atoms with E-state index in [0.29, 0.717) is 11.6 Å². The Morgan fingerprint density at radius 2 is 2.00 bits per heavy atom. The van der Waals surface area contributed by atoms with Crippen LogP contribution in [0.1, 0.15) is 58.1 Å². The quantitative estimate of drug-likeness (QED) is 0.789. The molecule has 0 bridgehead atoms. The molecular formula is C18H29ClN2. The molecule has 0 aromatic heterocycles. The molecule has 1 fully saturated rings. The minimum Gasteiger partial charge on any atom is -0.310 e. The van der Waals surface area contributed by atoms with Gasteiger partial charge in [0.25, 0.3) is 0 Å². The number of halogens is 1. The average Bonchev–Trinajstić information content (AvgIpc) is 2.79. The molecule has 1 aliphatic rings. The van der Waals surface area contributed by atoms with Crippen LogP contribution < -0.4 is 5.32 Å². The van der Waals surface area contributed by atoms with Crippen LogP contribution in [0.25, 0.3) is 0 Å². The molecule has 2 rings (SSSR count). The van der Waals surface area contributed by atoms with Crippen LogP contribution >= 0.6 is 11.6 Å². The van der Waals surface area contributed by atoms with Crippen LogP contribution in [0.3, 0.4) is 0 Å². The Kier molecular flexibility index (Phi) is 6.09. The lowest BCUT2D eigenvalue weighted by molar-refractivity contribution is 0.166. The normalized spacial score (nSPS) is 19.8. The number of likely N-dealkylation sites (tertiary alicyclic amines) is 1. The fourth-order valence-corrected chi connectivity index (χ4v) is 3.39. The van der Waals surface area contributed by atoms with Crippen molar-refractivity contribution in [3.63, 3.8) is 0 Å². The third-order valence-corrected chi connectivity index (χ3v) is 4.93. The maximum atomic E-state index is 6.01. The van der Waals surface area contributed by atoms with Gasteiger partial charge >= 0.3 is 0 Å². The summed E-state index contributed by atoms with van der Waals surface area (Å²) in [4.78, 5) is 2.64. The topological polar surface area (TPSA) is 15.3 Å². The van der Waals surface area contributed by atoms with Gasteiger partial charge < -0.3 is 5.32 Å². The Labute approximate surface area is 134 Å². The first-order valence-corrected chi connectivity index (χ1v) is 8.64. The highest BCUT2D eigenvalue weighted by atomic mass is 35.5. The van der Waals surface area contributed by atoms with Crippen molar-refractivity contribution in [1.82, 2.24) is 10.2 Å². The van der Waals surface area contributed by atoms with Crippen molar-refractivity contribution in [2.45, 2.75) is 58.0 Å². The van der Waals surface area contributed by atoms with E-state index in [4.69, 9.17) is 11.6 Å². The van der Waals surface area contributed by atoms with E-state index >= 15 is 0 Å². The zero-order valence-electron chi connectivity index (χ0n) is 13.7. The van der Waals surface area contributed by atoms with E-state index in [2.05, 4.69) is 43.1 Å². The van der Waals surface area contributed by atoms with Crippen LogP contribution in [-0.4, -0.2) is 30.1 Å². The molecule has 1 aromatic carbocycles. The predicted octanol–water partition coefficient (Wildman–Crippen LogP) is 4.65. The SMILES string of the molecule is CCCNC(CCN1CCCC1(C)C)c1ccc(Cl)cc1. The minimum atomic E-state index is 0.370. The van der Waals surface area contributed by atoms with E-state index in [9.17, 15) is 0 Å². The van der Waals surface area contributed by atoms with Gasteiger partial charge in [-0.1, -0.05) is 30.7 Å². The first-order chi connectivity index (χ1) is 10.0. The standard InChI is InChI=1S/C18H29ClN2/c1-4-12-20-17(15-6-8-16(19)9-7-15)10-14-21-13-5-11-18(21,2)3/h6-9,17,20H,4-5,10-14H2,1-3H3. The largest absolute Gasteiger partial charge is 0.310 e. The van der Waals surface area contributed by atoms with Crippen molar-refractivity contribution in [2.75, 3.05) is 19.6 Å². The Hall–Kier alpha value is -0.570. The van der Waals surface area contributed by atoms with Gasteiger partial charge in [0.2, 0.25) is 0 Å². The molecule has 0 aliphatic carbocycles. The highest BCUT2D eigenvalue weighted by Crippen LogP contribution is 2.29. The Bertz CT molecular complexity index is 427. The number of hydrogen-bond donors (Lipinski definition) is 1. The fourth-order valence-electron chi connectivity index (χ4n) is 3.26. The number of rotatable bonds is 7. The third-order valence-electron chi connectivity index (χ3n) is 4.67. The van der Waals surface area contributed by atoms with Crippen molar-refractivity contribution >= 4 is 11.6 Å². The second kappa shape index (κ2) is 7.62. The van der Waals surface area contributed by atoms with Crippen LogP contribution in [0.15, 0.2) is 24.3 Å². The van der Waals surface area contributed by atoms with Gasteiger partial charge in [0.15, 0.2) is 0 Å². The molecule has 118 valence electrons. The molecule has 0 spiro atoms. The van der Waals surface area contributed by atoms with Gasteiger partial charge in [0.1, 0.15) is 0 Å². The second-order valence-corrected chi connectivity index (χ2v) is 7.19. The summed E-state index contributed by atoms with van der Waals surface area (Å²) in [5.41, 5.74) is 1.72. The summed E-state index contributed by atoms with van der Waals surface area (Å²) in [6, 6.07) is 8.74. The van der Waals surface area contributed by atoms with Gasteiger partial charge in [-0.3, -0.25) is 4.90 Å². The van der Waals surface area contributed by atoms with Crippen molar-refractivity contribution in [3.8, 4) is 0 Å². The van der Waals surface area contributed by atoms with Crippen LogP contribution in [0, 0.1) is 0 Å². The molecule has 1 aliphatic heterocycles. The van der Waals surface area contributed by atoms with Gasteiger partial charge in [-0.15, -0.1) is 0 Å². The number of nitrogens with one attached hydrogen (secondary N) is 1. The van der Waals surface area contributed by atoms with Gasteiger partial charge in [0.05, 0.1) is 0 Å². The summed E-state index contributed by atoms with van der Waals surface area (Å²) in [5.74, 6) is 0. The highest BCUT2D eigenvalue weighted by Gasteiger charge is 2.31. The molecule has 1 aromatic rings. The average molecular weight is 309 g/mol. The van der Waals surface area contributed by atoms with E-state index in [0.717, 1.165) is 24.5 Å². The molecule has 1 saturated heterocycles. The molecule has 3 heteroatoms. The molecule has 1 heterocycles. The van der Waals surface area contributed by atoms with Crippen LogP contribution in [-0.2, 0) is 0 Å². The molecule has 21 heavy (non-hydrogen) atoms. The molecule has 2 nitrogen and oxygen atoms in total. The number of benzene rings is 1. The van der Waals surface area contributed by atoms with Crippen LogP contribution in [0.5, 0.6) is 0 Å². The van der Waals surface area contributed by atoms with Crippen molar-refractivity contribution < 1.29 is 0 Å². The van der Waals surface area contributed by atoms with Gasteiger partial charge in [0, 0.05) is 23.1 Å². The zero-order chi connectivity index (χ0) is 15.3. The first kappa shape index (κ1) is 16.8. The lowest BCUT2D eigenvalue weighted by Crippen LogP contribution is -2.40. The van der Waals surface area contributed by atoms with E-state index in [1.807, 2.05) is 12.1 Å². The molecule has 0 radical (unpaired) electrons. The van der Waals surface area contributed by atoms with E-state index in [1.54, 1.807) is 0 Å². The molecule has 0 saturated carbocycles. The Morgan fingerprint density at radius 1 is 1.29 bits per heavy atom. The maximum absolute atomic E-state index is 6.01. The summed E-state index contributed by atoms with van der Waals surface area (Å²) < 4.78 is 0. The van der Waals surface area contributed by atoms with Crippen molar-refractivity contribution in [3.05, 3.63) is 34.9 Å². The summed E-state index contributed by atoms with van der Waals surface area (Å²) >= 11 is 6.01. The van der Waals surface area contributed by atoms with E-state index in [-0.39, 0.29) is 0 Å². The Balaban J connectivity index is 1.97. The van der Waals surface area contributed by atoms with Crippen LogP contribution in [0.2, 0.25) is 5.02 Å². The molecular weight excluding hydrogens is 280 g/mol. The van der Waals surface area contributed by atoms with Gasteiger partial charge in [-0.05, 0) is 70.3 Å². The Morgan fingerprint density at radius 3 is 2.57 bits per heavy atom. The highest BCUT2D eigenvalue weighted by molar-refractivity contribution is 6.30. The summed E-state index contributed by atoms with van der Waals surface area (Å²) in [6.45, 7) is 10.4. The maximum Gasteiger partial charge on any atom is 0.0406 e. The summed E-state index contributed by atoms with van der Waals surface area (Å²) in [6.07, 6.45) is 4.98. The number of nitrogens with zero attached hydrogens (tertiary/aromatic N) is 1. The lowest BCUT2D eigenvalue weighted by Gasteiger charge is -2.33. The van der Waals surface area contributed by atoms with Crippen molar-refractivity contribution in [2.24, 2.45) is 0 Å². The molecule has 1 atom stereocenters. The zero-order valence-corrected chi connectivity index (χ0v) is 14.4. The third kappa shape index (κ3) is 4.70. The van der Waals surface area contributed by atoms with Crippen LogP contribution in [0.4, 0.5) is 0 Å². The number of hydrogen-bond acceptors (Lipinski definition) is 2. The molecule has 1 unspecified atom stereocenters. The minimum absolute atomic E-state index is 0.370. The van der Waals surface area contributed by atoms with E-state index in [1.165, 1.54) is 31.4 Å². The monoisotopic (exact) mass is 308 g/mol. The first-order valence-electron chi connectivity index (χ1n) is 8.27. The molecule has 0 amide bonds. The second-order valence-electron chi connectivity index (χ2n) is 6.75. The van der Waals surface area contributed by atoms with Gasteiger partial charge in [-0.25, -0.2) is 0 Å². The predicted molar refractivity (Wildman–Crippen MR) is 92.0 cm³/mol. The summed E-state index contributed by atoms with van der Waals surface area (Å²) in [7, 11) is 0.